The predicted octanol–water partition coefficient (Wildman–Crippen LogP) is 11.2. The fourth-order valence-corrected chi connectivity index (χ4v) is 15.5. The van der Waals surface area contributed by atoms with Crippen molar-refractivity contribution in [1.82, 2.24) is 0 Å². The third-order valence-corrected chi connectivity index (χ3v) is 28.6. The zero-order chi connectivity index (χ0) is 36.4. The maximum atomic E-state index is 11.4. The molecule has 0 aliphatic carbocycles. The second-order valence-electron chi connectivity index (χ2n) is 19.2. The molecule has 0 aliphatic rings. The van der Waals surface area contributed by atoms with E-state index < -0.39 is 15.2 Å². The average molecular weight is 679 g/mol. The third kappa shape index (κ3) is 7.26. The normalized spacial score (nSPS) is 13.6. The summed E-state index contributed by atoms with van der Waals surface area (Å²) in [6.07, 6.45) is 0. The van der Waals surface area contributed by atoms with Crippen molar-refractivity contribution in [2.45, 2.75) is 131 Å². The summed E-state index contributed by atoms with van der Waals surface area (Å²) in [4.78, 5) is 0. The first-order valence-electron chi connectivity index (χ1n) is 17.6. The van der Waals surface area contributed by atoms with E-state index in [4.69, 9.17) is 0 Å². The van der Waals surface area contributed by atoms with Crippen LogP contribution >= 0.6 is 0 Å². The van der Waals surface area contributed by atoms with E-state index >= 15 is 0 Å². The van der Waals surface area contributed by atoms with E-state index in [2.05, 4.69) is 182 Å². The van der Waals surface area contributed by atoms with Gasteiger partial charge in [-0.2, -0.15) is 0 Å². The molecule has 0 aliphatic heterocycles. The van der Waals surface area contributed by atoms with Gasteiger partial charge in [-0.05, 0) is 68.2 Å². The van der Waals surface area contributed by atoms with Gasteiger partial charge in [0.1, 0.15) is 11.5 Å². The van der Waals surface area contributed by atoms with Crippen LogP contribution in [0.5, 0.6) is 11.5 Å². The minimum atomic E-state index is -1.94. The molecule has 0 heterocycles. The Bertz CT molecular complexity index is 1730. The van der Waals surface area contributed by atoms with E-state index in [-0.39, 0.29) is 21.7 Å². The SMILES string of the molecule is CC(C)(C)c1cc(-c2ccc([Si](C)(C)[Si](C)(C)c3cccc(-c4cc(C(C)(C)C)c(O)c(C(C)(C)C)c4)c3)cc2)cc(C(C)(C)C)c1O. The molecule has 0 amide bonds. The first-order chi connectivity index (χ1) is 21.7. The summed E-state index contributed by atoms with van der Waals surface area (Å²) in [7, 11) is -3.86. The van der Waals surface area contributed by atoms with Gasteiger partial charge in [-0.1, -0.05) is 168 Å². The Hall–Kier alpha value is -3.09. The molecule has 0 spiro atoms. The van der Waals surface area contributed by atoms with E-state index in [1.54, 1.807) is 0 Å². The zero-order valence-electron chi connectivity index (χ0n) is 32.8. The Labute approximate surface area is 294 Å². The van der Waals surface area contributed by atoms with Crippen molar-refractivity contribution in [1.29, 1.82) is 0 Å². The second kappa shape index (κ2) is 12.4. The monoisotopic (exact) mass is 678 g/mol. The van der Waals surface area contributed by atoms with Crippen molar-refractivity contribution in [3.8, 4) is 33.8 Å². The first-order valence-corrected chi connectivity index (χ1v) is 24.6. The van der Waals surface area contributed by atoms with Crippen LogP contribution in [0.25, 0.3) is 22.3 Å². The van der Waals surface area contributed by atoms with Gasteiger partial charge in [0.15, 0.2) is 0 Å². The first kappa shape index (κ1) is 37.7. The van der Waals surface area contributed by atoms with E-state index in [0.717, 1.165) is 27.8 Å². The predicted molar refractivity (Wildman–Crippen MR) is 216 cm³/mol. The van der Waals surface area contributed by atoms with Crippen LogP contribution in [0.4, 0.5) is 0 Å². The summed E-state index contributed by atoms with van der Waals surface area (Å²) in [6, 6.07) is 27.4. The second-order valence-corrected chi connectivity index (χ2v) is 34.4. The molecule has 0 saturated carbocycles. The Morgan fingerprint density at radius 1 is 0.375 bits per heavy atom. The standard InChI is InChI=1S/C44H62O2Si2/c1-41(2,3)35-25-31(26-36(39(35)45)42(4,5)6)29-20-22-33(23-21-29)47(13,14)48(15,16)34-19-17-18-30(24-34)32-27-37(43(7,8)9)40(46)38(28-32)44(10,11)12/h17-28,45-46H,1-16H3. The highest BCUT2D eigenvalue weighted by molar-refractivity contribution is 7.50. The minimum Gasteiger partial charge on any atom is -0.507 e. The lowest BCUT2D eigenvalue weighted by molar-refractivity contribution is 0.422. The Morgan fingerprint density at radius 2 is 0.708 bits per heavy atom. The van der Waals surface area contributed by atoms with Gasteiger partial charge in [-0.3, -0.25) is 0 Å². The Kier molecular flexibility index (Phi) is 9.71. The van der Waals surface area contributed by atoms with Crippen molar-refractivity contribution in [3.63, 3.8) is 0 Å². The largest absolute Gasteiger partial charge is 0.507 e. The highest BCUT2D eigenvalue weighted by Crippen LogP contribution is 2.43. The van der Waals surface area contributed by atoms with E-state index in [1.807, 2.05) is 0 Å². The molecule has 0 saturated heterocycles. The van der Waals surface area contributed by atoms with E-state index in [9.17, 15) is 10.2 Å². The van der Waals surface area contributed by atoms with Crippen LogP contribution in [0.2, 0.25) is 26.2 Å². The number of hydrogen-bond donors (Lipinski definition) is 2. The Balaban J connectivity index is 1.77. The van der Waals surface area contributed by atoms with Gasteiger partial charge in [-0.25, -0.2) is 0 Å². The molecule has 4 rings (SSSR count). The summed E-state index contributed by atoms with van der Waals surface area (Å²) >= 11 is 0. The van der Waals surface area contributed by atoms with Crippen molar-refractivity contribution in [3.05, 3.63) is 95.1 Å². The minimum absolute atomic E-state index is 0.165. The molecule has 2 nitrogen and oxygen atoms in total. The van der Waals surface area contributed by atoms with Crippen LogP contribution in [0.15, 0.2) is 72.8 Å². The summed E-state index contributed by atoms with van der Waals surface area (Å²) in [6.45, 7) is 36.3. The summed E-state index contributed by atoms with van der Waals surface area (Å²) in [5.74, 6) is 0.855. The van der Waals surface area contributed by atoms with Crippen molar-refractivity contribution in [2.75, 3.05) is 0 Å². The highest BCUT2D eigenvalue weighted by atomic mass is 29.3. The average Bonchev–Trinajstić information content (AvgIpc) is 2.95. The van der Waals surface area contributed by atoms with Gasteiger partial charge in [0, 0.05) is 22.3 Å². The molecule has 4 aromatic rings. The molecule has 0 unspecified atom stereocenters. The highest BCUT2D eigenvalue weighted by Gasteiger charge is 2.44. The molecule has 0 atom stereocenters. The lowest BCUT2D eigenvalue weighted by Crippen LogP contribution is -2.69. The van der Waals surface area contributed by atoms with Gasteiger partial charge in [-0.15, -0.1) is 0 Å². The number of phenolic OH excluding ortho intramolecular Hbond substituents is 2. The zero-order valence-corrected chi connectivity index (χ0v) is 34.8. The molecule has 0 bridgehead atoms. The van der Waals surface area contributed by atoms with Crippen molar-refractivity contribution >= 4 is 25.6 Å². The van der Waals surface area contributed by atoms with Crippen molar-refractivity contribution in [2.24, 2.45) is 0 Å². The number of phenols is 2. The summed E-state index contributed by atoms with van der Waals surface area (Å²) in [5.41, 5.74) is 8.07. The topological polar surface area (TPSA) is 40.5 Å². The smallest absolute Gasteiger partial charge is 0.123 e. The molecule has 0 aromatic heterocycles. The van der Waals surface area contributed by atoms with Crippen molar-refractivity contribution < 1.29 is 10.2 Å². The van der Waals surface area contributed by atoms with Crippen LogP contribution in [0.1, 0.15) is 105 Å². The molecular formula is C44H62O2Si2. The van der Waals surface area contributed by atoms with E-state index in [0.29, 0.717) is 11.5 Å². The molecular weight excluding hydrogens is 617 g/mol. The number of rotatable bonds is 5. The van der Waals surface area contributed by atoms with Crippen LogP contribution < -0.4 is 10.4 Å². The molecule has 48 heavy (non-hydrogen) atoms. The molecule has 4 heteroatoms. The molecule has 4 aromatic carbocycles. The fraction of sp³-hybridized carbons (Fsp3) is 0.455. The summed E-state index contributed by atoms with van der Waals surface area (Å²) in [5, 5.41) is 25.6. The number of hydrogen-bond acceptors (Lipinski definition) is 2. The molecule has 258 valence electrons. The summed E-state index contributed by atoms with van der Waals surface area (Å²) < 4.78 is 0. The van der Waals surface area contributed by atoms with Gasteiger partial charge in [0.25, 0.3) is 0 Å². The Morgan fingerprint density at radius 3 is 1.06 bits per heavy atom. The van der Waals surface area contributed by atoms with Crippen LogP contribution in [0.3, 0.4) is 0 Å². The molecule has 0 fully saturated rings. The molecule has 0 radical (unpaired) electrons. The van der Waals surface area contributed by atoms with Crippen LogP contribution in [-0.4, -0.2) is 25.4 Å². The van der Waals surface area contributed by atoms with Crippen LogP contribution in [0, 0.1) is 0 Å². The van der Waals surface area contributed by atoms with Gasteiger partial charge in [0.2, 0.25) is 0 Å². The maximum Gasteiger partial charge on any atom is 0.123 e. The lowest BCUT2D eigenvalue weighted by atomic mass is 9.78. The number of aromatic hydroxyl groups is 2. The fourth-order valence-electron chi connectivity index (χ4n) is 6.78. The quantitative estimate of drug-likeness (QED) is 0.206. The van der Waals surface area contributed by atoms with E-state index in [1.165, 1.54) is 27.1 Å². The molecule has 2 N–H and O–H groups in total. The van der Waals surface area contributed by atoms with Gasteiger partial charge < -0.3 is 10.2 Å². The third-order valence-electron chi connectivity index (χ3n) is 10.9. The maximum absolute atomic E-state index is 11.4. The van der Waals surface area contributed by atoms with Gasteiger partial charge in [0.05, 0.1) is 15.2 Å². The number of benzene rings is 4. The van der Waals surface area contributed by atoms with Crippen LogP contribution in [-0.2, 0) is 21.7 Å². The lowest BCUT2D eigenvalue weighted by Gasteiger charge is -2.39. The van der Waals surface area contributed by atoms with Gasteiger partial charge >= 0.3 is 0 Å².